The highest BCUT2D eigenvalue weighted by atomic mass is 16.7. The number of phenols is 1. The maximum Gasteiger partial charge on any atom is 0.253 e. The summed E-state index contributed by atoms with van der Waals surface area (Å²) in [5.41, 5.74) is 5.68. The summed E-state index contributed by atoms with van der Waals surface area (Å²) in [5, 5.41) is 97.6. The standard InChI is InChI=1S/C51H61N7O16/c1-24-22-58-40(41(24)63)48(69)55-44(54-45(66)32-11-9-29(10-12-32)27-5-7-28(8-6-27)30-15-19-35(73-4)20-16-30)51(72)74-56-38(26(3)60)50(71)57-23-34(62)21-36(57)46(67)53-39(47(68)52-37(25(2)59)49(58)70)43(65)42(64)31-13-17-33(61)18-14-31/h5-20,24-26,34,36-44,51,56,59-65,72H,21-23H2,1-4H3,(H,52,68)(H,53,67)(H,54,66)(H,55,69)/t24-,25+,26+,34+,36-,37-,38-,39-,40-,41-,42-,43-,44?,51+/m0/s1. The van der Waals surface area contributed by atoms with Gasteiger partial charge in [-0.05, 0) is 78.1 Å². The quantitative estimate of drug-likeness (QED) is 0.0827. The Morgan fingerprint density at radius 2 is 1.20 bits per heavy atom. The molecule has 74 heavy (non-hydrogen) atoms. The molecule has 3 saturated heterocycles. The molecular weight excluding hydrogens is 967 g/mol. The second-order valence-corrected chi connectivity index (χ2v) is 18.7. The van der Waals surface area contributed by atoms with E-state index < -0.39 is 134 Å². The van der Waals surface area contributed by atoms with Crippen molar-refractivity contribution in [2.75, 3.05) is 20.2 Å². The second kappa shape index (κ2) is 23.4. The van der Waals surface area contributed by atoms with Gasteiger partial charge in [-0.3, -0.25) is 33.6 Å². The molecule has 23 nitrogen and oxygen atoms in total. The molecule has 13 N–H and O–H groups in total. The molecule has 3 aliphatic rings. The highest BCUT2D eigenvalue weighted by Crippen LogP contribution is 2.29. The van der Waals surface area contributed by atoms with Crippen molar-refractivity contribution in [1.82, 2.24) is 36.5 Å². The first-order valence-corrected chi connectivity index (χ1v) is 23.8. The van der Waals surface area contributed by atoms with Crippen molar-refractivity contribution in [3.8, 4) is 33.8 Å². The SMILES string of the molecule is COc1ccc(-c2ccc(-c3ccc(C(=O)NC4NC(=O)[C@@H]5[C@@H](O)[C@@H](C)CN5C(=O)[C@H]([C@@H](C)O)NC(=O)[C@H]([C@H](O)[C@@H](O)c5ccc(O)cc5)NC(=O)[C@@H]5C[C@@H](O)CN5C(=O)[C@H]([C@@H](C)O)NO[C@H]4O)cc3)cc2)cc1. The van der Waals surface area contributed by atoms with Crippen LogP contribution in [0, 0.1) is 5.92 Å². The van der Waals surface area contributed by atoms with Gasteiger partial charge in [-0.25, -0.2) is 0 Å². The van der Waals surface area contributed by atoms with Crippen LogP contribution in [0.2, 0.25) is 0 Å². The Bertz CT molecular complexity index is 2640. The average Bonchev–Trinajstić information content (AvgIpc) is 3.93. The van der Waals surface area contributed by atoms with Crippen LogP contribution < -0.4 is 31.5 Å². The first kappa shape index (κ1) is 54.7. The highest BCUT2D eigenvalue weighted by Gasteiger charge is 2.50. The Kier molecular flexibility index (Phi) is 17.3. The first-order chi connectivity index (χ1) is 35.2. The third-order valence-corrected chi connectivity index (χ3v) is 13.4. The first-order valence-electron chi connectivity index (χ1n) is 23.8. The van der Waals surface area contributed by atoms with Gasteiger partial charge in [0.2, 0.25) is 35.8 Å². The minimum Gasteiger partial charge on any atom is -0.508 e. The van der Waals surface area contributed by atoms with E-state index in [1.807, 2.05) is 48.5 Å². The Labute approximate surface area is 424 Å². The van der Waals surface area contributed by atoms with Crippen LogP contribution >= 0.6 is 0 Å². The fourth-order valence-electron chi connectivity index (χ4n) is 9.11. The molecule has 4 aromatic rings. The molecule has 396 valence electrons. The number of nitrogens with zero attached hydrogens (tertiary/aromatic N) is 2. The molecule has 14 atom stereocenters. The number of benzene rings is 4. The Morgan fingerprint density at radius 1 is 0.676 bits per heavy atom. The predicted molar refractivity (Wildman–Crippen MR) is 260 cm³/mol. The zero-order chi connectivity index (χ0) is 53.7. The minimum atomic E-state index is -2.32. The van der Waals surface area contributed by atoms with Gasteiger partial charge in [0.15, 0.2) is 6.17 Å². The van der Waals surface area contributed by atoms with E-state index in [9.17, 15) is 69.6 Å². The molecule has 0 aromatic heterocycles. The number of phenolic OH excluding ortho intramolecular Hbond substituents is 1. The number of rotatable bonds is 10. The minimum absolute atomic E-state index is 0.0309. The van der Waals surface area contributed by atoms with E-state index in [4.69, 9.17) is 9.57 Å². The molecule has 3 heterocycles. The van der Waals surface area contributed by atoms with Crippen molar-refractivity contribution in [1.29, 1.82) is 0 Å². The number of hydroxylamine groups is 1. The largest absolute Gasteiger partial charge is 0.508 e. The number of ether oxygens (including phenoxy) is 1. The molecule has 1 unspecified atom stereocenters. The van der Waals surface area contributed by atoms with Gasteiger partial charge >= 0.3 is 0 Å². The van der Waals surface area contributed by atoms with Crippen LogP contribution in [0.1, 0.15) is 49.2 Å². The normalized spacial score (nSPS) is 28.0. The summed E-state index contributed by atoms with van der Waals surface area (Å²) in [6, 6.07) is 16.9. The summed E-state index contributed by atoms with van der Waals surface area (Å²) < 4.78 is 5.25. The molecule has 0 saturated carbocycles. The van der Waals surface area contributed by atoms with Crippen molar-refractivity contribution in [2.24, 2.45) is 5.92 Å². The van der Waals surface area contributed by atoms with Crippen molar-refractivity contribution in [3.05, 3.63) is 108 Å². The number of hydrogen-bond donors (Lipinski definition) is 13. The lowest BCUT2D eigenvalue weighted by atomic mass is 9.96. The van der Waals surface area contributed by atoms with Crippen LogP contribution in [-0.4, -0.2) is 179 Å². The van der Waals surface area contributed by atoms with Gasteiger partial charge in [0.05, 0.1) is 31.5 Å². The van der Waals surface area contributed by atoms with Crippen molar-refractivity contribution >= 4 is 35.4 Å². The lowest BCUT2D eigenvalue weighted by Gasteiger charge is -2.34. The van der Waals surface area contributed by atoms with Crippen LogP contribution in [0.25, 0.3) is 22.3 Å². The fourth-order valence-corrected chi connectivity index (χ4v) is 9.11. The number of aliphatic hydroxyl groups is 7. The summed E-state index contributed by atoms with van der Waals surface area (Å²) in [5.74, 6) is -7.13. The molecule has 0 aliphatic carbocycles. The highest BCUT2D eigenvalue weighted by molar-refractivity contribution is 5.98. The van der Waals surface area contributed by atoms with E-state index in [1.54, 1.807) is 19.2 Å². The Balaban J connectivity index is 1.20. The number of amides is 6. The Morgan fingerprint density at radius 3 is 1.76 bits per heavy atom. The number of methoxy groups -OCH3 is 1. The zero-order valence-electron chi connectivity index (χ0n) is 40.7. The van der Waals surface area contributed by atoms with Crippen molar-refractivity contribution in [3.63, 3.8) is 0 Å². The number of carbonyl (C=O) groups is 6. The molecular formula is C51H61N7O16. The van der Waals surface area contributed by atoms with E-state index in [2.05, 4.69) is 26.7 Å². The molecule has 0 spiro atoms. The summed E-state index contributed by atoms with van der Waals surface area (Å²) in [6.07, 6.45) is -15.3. The van der Waals surface area contributed by atoms with E-state index in [-0.39, 0.29) is 23.4 Å². The van der Waals surface area contributed by atoms with E-state index in [0.29, 0.717) is 0 Å². The third-order valence-electron chi connectivity index (χ3n) is 13.4. The van der Waals surface area contributed by atoms with E-state index in [1.165, 1.54) is 43.3 Å². The van der Waals surface area contributed by atoms with Gasteiger partial charge in [-0.15, -0.1) is 0 Å². The molecule has 3 fully saturated rings. The average molecular weight is 1030 g/mol. The van der Waals surface area contributed by atoms with Crippen LogP contribution in [0.4, 0.5) is 0 Å². The lowest BCUT2D eigenvalue weighted by Crippen LogP contribution is -2.64. The maximum atomic E-state index is 14.5. The topological polar surface area (TPSA) is 349 Å². The number of fused-ring (bicyclic) bond motifs is 2. The molecule has 6 amide bonds. The van der Waals surface area contributed by atoms with Crippen molar-refractivity contribution < 1.29 is 79.2 Å². The maximum absolute atomic E-state index is 14.5. The molecule has 7 rings (SSSR count). The number of carbonyl (C=O) groups excluding carboxylic acids is 6. The Hall–Kier alpha value is -7.06. The molecule has 0 bridgehead atoms. The van der Waals surface area contributed by atoms with Gasteiger partial charge in [-0.1, -0.05) is 67.6 Å². The summed E-state index contributed by atoms with van der Waals surface area (Å²) in [4.78, 5) is 92.6. The monoisotopic (exact) mass is 1030 g/mol. The van der Waals surface area contributed by atoms with Crippen molar-refractivity contribution in [2.45, 2.75) is 106 Å². The summed E-state index contributed by atoms with van der Waals surface area (Å²) >= 11 is 0. The van der Waals surface area contributed by atoms with Gasteiger partial charge in [0, 0.05) is 31.0 Å². The van der Waals surface area contributed by atoms with E-state index >= 15 is 0 Å². The number of aromatic hydroxyl groups is 1. The number of aliphatic hydroxyl groups excluding tert-OH is 7. The van der Waals surface area contributed by atoms with Crippen LogP contribution in [0.5, 0.6) is 11.5 Å². The molecule has 3 aliphatic heterocycles. The fraction of sp³-hybridized carbons (Fsp3) is 0.412. The van der Waals surface area contributed by atoms with Crippen LogP contribution in [0.3, 0.4) is 0 Å². The number of hydrogen-bond acceptors (Lipinski definition) is 17. The van der Waals surface area contributed by atoms with Crippen LogP contribution in [-0.2, 0) is 28.8 Å². The smallest absolute Gasteiger partial charge is 0.253 e. The summed E-state index contributed by atoms with van der Waals surface area (Å²) in [6.45, 7) is 2.90. The number of nitrogens with one attached hydrogen (secondary N) is 5. The lowest BCUT2D eigenvalue weighted by molar-refractivity contribution is -0.189. The van der Waals surface area contributed by atoms with Gasteiger partial charge in [0.25, 0.3) is 5.91 Å². The second-order valence-electron chi connectivity index (χ2n) is 18.7. The molecule has 0 radical (unpaired) electrons. The van der Waals surface area contributed by atoms with E-state index in [0.717, 1.165) is 51.7 Å². The predicted octanol–water partition coefficient (Wildman–Crippen LogP) is -1.88. The zero-order valence-corrected chi connectivity index (χ0v) is 40.7. The molecule has 23 heteroatoms. The third kappa shape index (κ3) is 12.1. The van der Waals surface area contributed by atoms with Gasteiger partial charge in [-0.2, -0.15) is 5.48 Å². The van der Waals surface area contributed by atoms with Gasteiger partial charge in [0.1, 0.15) is 53.9 Å². The summed E-state index contributed by atoms with van der Waals surface area (Å²) in [7, 11) is 1.58. The van der Waals surface area contributed by atoms with Crippen LogP contribution in [0.15, 0.2) is 97.1 Å². The molecule has 4 aromatic carbocycles. The van der Waals surface area contributed by atoms with Gasteiger partial charge < -0.3 is 76.7 Å².